The second kappa shape index (κ2) is 9.14. The molecule has 2 aliphatic rings. The Balaban J connectivity index is 2.01. The van der Waals surface area contributed by atoms with Crippen molar-refractivity contribution >= 4 is 11.8 Å². The number of pyridine rings is 1. The van der Waals surface area contributed by atoms with Gasteiger partial charge in [-0.3, -0.25) is 14.4 Å². The number of carbonyl (C=O) groups is 2. The SMILES string of the molecule is CC(C)(NC(=O)c1cc2c(n(CC3CCCCC3)c1=O)CCCCCC2)C(N)=O. The van der Waals surface area contributed by atoms with Crippen molar-refractivity contribution in [2.45, 2.75) is 96.6 Å². The first-order valence-electron chi connectivity index (χ1n) is 11.2. The monoisotopic (exact) mass is 401 g/mol. The molecular weight excluding hydrogens is 366 g/mol. The minimum atomic E-state index is -1.21. The van der Waals surface area contributed by atoms with Crippen molar-refractivity contribution in [3.63, 3.8) is 0 Å². The number of primary amides is 1. The van der Waals surface area contributed by atoms with Gasteiger partial charge in [-0.15, -0.1) is 0 Å². The molecule has 0 bridgehead atoms. The van der Waals surface area contributed by atoms with E-state index < -0.39 is 17.4 Å². The normalized spacial score (nSPS) is 18.4. The maximum absolute atomic E-state index is 13.4. The number of hydrogen-bond donors (Lipinski definition) is 2. The van der Waals surface area contributed by atoms with Crippen LogP contribution in [0.5, 0.6) is 0 Å². The third-order valence-electron chi connectivity index (χ3n) is 6.55. The van der Waals surface area contributed by atoms with E-state index in [-0.39, 0.29) is 11.1 Å². The molecule has 2 aliphatic carbocycles. The molecule has 0 aromatic carbocycles. The number of aromatic nitrogens is 1. The van der Waals surface area contributed by atoms with E-state index in [1.54, 1.807) is 19.9 Å². The van der Waals surface area contributed by atoms with Crippen molar-refractivity contribution in [2.24, 2.45) is 11.7 Å². The molecule has 1 fully saturated rings. The molecule has 0 spiro atoms. The first kappa shape index (κ1) is 21.6. The quantitative estimate of drug-likeness (QED) is 0.794. The van der Waals surface area contributed by atoms with Gasteiger partial charge in [0.1, 0.15) is 11.1 Å². The summed E-state index contributed by atoms with van der Waals surface area (Å²) in [5.74, 6) is -0.642. The molecule has 3 rings (SSSR count). The van der Waals surface area contributed by atoms with Gasteiger partial charge in [0.2, 0.25) is 5.91 Å². The lowest BCUT2D eigenvalue weighted by molar-refractivity contribution is -0.122. The fourth-order valence-corrected chi connectivity index (χ4v) is 4.63. The second-order valence-corrected chi connectivity index (χ2v) is 9.31. The highest BCUT2D eigenvalue weighted by atomic mass is 16.2. The standard InChI is InChI=1S/C23H35N3O3/c1-23(2,22(24)29)25-20(27)18-14-17-12-8-3-4-9-13-19(17)26(21(18)28)15-16-10-6-5-7-11-16/h14,16H,3-13,15H2,1-2H3,(H2,24,29)(H,25,27). The van der Waals surface area contributed by atoms with Crippen LogP contribution in [0.4, 0.5) is 0 Å². The van der Waals surface area contributed by atoms with E-state index in [1.807, 2.05) is 4.57 Å². The van der Waals surface area contributed by atoms with Gasteiger partial charge in [0, 0.05) is 12.2 Å². The molecule has 6 heteroatoms. The van der Waals surface area contributed by atoms with Gasteiger partial charge < -0.3 is 15.6 Å². The van der Waals surface area contributed by atoms with Crippen LogP contribution in [0.3, 0.4) is 0 Å². The number of nitrogens with one attached hydrogen (secondary N) is 1. The molecule has 1 aromatic heterocycles. The Kier molecular flexibility index (Phi) is 6.81. The zero-order valence-electron chi connectivity index (χ0n) is 17.9. The fraction of sp³-hybridized carbons (Fsp3) is 0.696. The van der Waals surface area contributed by atoms with Crippen molar-refractivity contribution in [2.75, 3.05) is 0 Å². The van der Waals surface area contributed by atoms with Crippen LogP contribution in [0.1, 0.15) is 93.3 Å². The lowest BCUT2D eigenvalue weighted by atomic mass is 9.88. The van der Waals surface area contributed by atoms with Gasteiger partial charge >= 0.3 is 0 Å². The summed E-state index contributed by atoms with van der Waals surface area (Å²) in [6.07, 6.45) is 12.3. The summed E-state index contributed by atoms with van der Waals surface area (Å²) < 4.78 is 1.89. The van der Waals surface area contributed by atoms with Crippen LogP contribution in [0.15, 0.2) is 10.9 Å². The molecule has 0 radical (unpaired) electrons. The van der Waals surface area contributed by atoms with Gasteiger partial charge in [0.15, 0.2) is 0 Å². The number of hydrogen-bond acceptors (Lipinski definition) is 3. The minimum absolute atomic E-state index is 0.134. The average Bonchev–Trinajstić information content (AvgIpc) is 2.65. The van der Waals surface area contributed by atoms with Gasteiger partial charge in [0.25, 0.3) is 11.5 Å². The number of fused-ring (bicyclic) bond motifs is 1. The van der Waals surface area contributed by atoms with Crippen molar-refractivity contribution in [3.05, 3.63) is 33.2 Å². The van der Waals surface area contributed by atoms with Crippen LogP contribution >= 0.6 is 0 Å². The molecular formula is C23H35N3O3. The maximum Gasteiger partial charge on any atom is 0.263 e. The van der Waals surface area contributed by atoms with Gasteiger partial charge in [-0.1, -0.05) is 32.1 Å². The van der Waals surface area contributed by atoms with E-state index in [0.29, 0.717) is 12.5 Å². The molecule has 0 aliphatic heterocycles. The van der Waals surface area contributed by atoms with Crippen LogP contribution in [-0.2, 0) is 24.2 Å². The van der Waals surface area contributed by atoms with Crippen LogP contribution in [-0.4, -0.2) is 21.9 Å². The maximum atomic E-state index is 13.4. The van der Waals surface area contributed by atoms with E-state index in [2.05, 4.69) is 5.32 Å². The summed E-state index contributed by atoms with van der Waals surface area (Å²) in [6.45, 7) is 3.81. The van der Waals surface area contributed by atoms with Crippen molar-refractivity contribution in [1.29, 1.82) is 0 Å². The van der Waals surface area contributed by atoms with Crippen LogP contribution in [0.2, 0.25) is 0 Å². The molecule has 1 aromatic rings. The zero-order chi connectivity index (χ0) is 21.0. The molecule has 0 atom stereocenters. The van der Waals surface area contributed by atoms with Gasteiger partial charge in [0.05, 0.1) is 0 Å². The Morgan fingerprint density at radius 1 is 1.07 bits per heavy atom. The highest BCUT2D eigenvalue weighted by molar-refractivity contribution is 5.98. The van der Waals surface area contributed by atoms with Crippen molar-refractivity contribution < 1.29 is 9.59 Å². The van der Waals surface area contributed by atoms with Gasteiger partial charge in [-0.2, -0.15) is 0 Å². The van der Waals surface area contributed by atoms with E-state index in [0.717, 1.165) is 49.8 Å². The molecule has 160 valence electrons. The summed E-state index contributed by atoms with van der Waals surface area (Å²) in [6, 6.07) is 1.77. The van der Waals surface area contributed by atoms with Gasteiger partial charge in [-0.25, -0.2) is 0 Å². The Bertz CT molecular complexity index is 819. The third-order valence-corrected chi connectivity index (χ3v) is 6.55. The first-order valence-corrected chi connectivity index (χ1v) is 11.2. The Labute approximate surface area is 173 Å². The lowest BCUT2D eigenvalue weighted by Crippen LogP contribution is -2.54. The first-order chi connectivity index (χ1) is 13.8. The lowest BCUT2D eigenvalue weighted by Gasteiger charge is -2.27. The predicted molar refractivity (Wildman–Crippen MR) is 114 cm³/mol. The summed E-state index contributed by atoms with van der Waals surface area (Å²) in [4.78, 5) is 38.0. The molecule has 1 saturated carbocycles. The molecule has 6 nitrogen and oxygen atoms in total. The smallest absolute Gasteiger partial charge is 0.263 e. The molecule has 2 amide bonds. The van der Waals surface area contributed by atoms with Crippen LogP contribution in [0.25, 0.3) is 0 Å². The van der Waals surface area contributed by atoms with Crippen molar-refractivity contribution in [3.8, 4) is 0 Å². The molecule has 29 heavy (non-hydrogen) atoms. The Hall–Kier alpha value is -2.11. The number of nitrogens with zero attached hydrogens (tertiary/aromatic N) is 1. The highest BCUT2D eigenvalue weighted by Gasteiger charge is 2.30. The third kappa shape index (κ3) is 5.09. The summed E-state index contributed by atoms with van der Waals surface area (Å²) >= 11 is 0. The number of aryl methyl sites for hydroxylation is 1. The Morgan fingerprint density at radius 2 is 1.69 bits per heavy atom. The average molecular weight is 402 g/mol. The van der Waals surface area contributed by atoms with E-state index in [1.165, 1.54) is 32.1 Å². The zero-order valence-corrected chi connectivity index (χ0v) is 17.9. The summed E-state index contributed by atoms with van der Waals surface area (Å²) in [5.41, 5.74) is 6.33. The highest BCUT2D eigenvalue weighted by Crippen LogP contribution is 2.27. The van der Waals surface area contributed by atoms with Gasteiger partial charge in [-0.05, 0) is 69.9 Å². The van der Waals surface area contributed by atoms with Crippen molar-refractivity contribution in [1.82, 2.24) is 9.88 Å². The van der Waals surface area contributed by atoms with Crippen LogP contribution < -0.4 is 16.6 Å². The number of rotatable bonds is 5. The Morgan fingerprint density at radius 3 is 2.34 bits per heavy atom. The molecule has 3 N–H and O–H groups in total. The molecule has 0 saturated heterocycles. The number of nitrogens with two attached hydrogens (primary N) is 1. The predicted octanol–water partition coefficient (Wildman–Crippen LogP) is 3.08. The van der Waals surface area contributed by atoms with E-state index >= 15 is 0 Å². The van der Waals surface area contributed by atoms with Crippen LogP contribution in [0, 0.1) is 5.92 Å². The molecule has 1 heterocycles. The fourth-order valence-electron chi connectivity index (χ4n) is 4.63. The topological polar surface area (TPSA) is 94.2 Å². The molecule has 0 unspecified atom stereocenters. The minimum Gasteiger partial charge on any atom is -0.368 e. The summed E-state index contributed by atoms with van der Waals surface area (Å²) in [7, 11) is 0. The summed E-state index contributed by atoms with van der Waals surface area (Å²) in [5, 5.41) is 2.65. The largest absolute Gasteiger partial charge is 0.368 e. The number of amides is 2. The number of carbonyl (C=O) groups excluding carboxylic acids is 2. The van der Waals surface area contributed by atoms with E-state index in [4.69, 9.17) is 5.73 Å². The second-order valence-electron chi connectivity index (χ2n) is 9.31. The van der Waals surface area contributed by atoms with E-state index in [9.17, 15) is 14.4 Å².